The Hall–Kier alpha value is -1.63. The zero-order valence-corrected chi connectivity index (χ0v) is 11.8. The minimum absolute atomic E-state index is 0.0368. The summed E-state index contributed by atoms with van der Waals surface area (Å²) < 4.78 is 5.08. The van der Waals surface area contributed by atoms with Crippen LogP contribution in [0.5, 0.6) is 0 Å². The predicted octanol–water partition coefficient (Wildman–Crippen LogP) is 0.344. The summed E-state index contributed by atoms with van der Waals surface area (Å²) in [6, 6.07) is 5.57. The number of fused-ring (bicyclic) bond motifs is 1. The van der Waals surface area contributed by atoms with Gasteiger partial charge in [-0.25, -0.2) is 0 Å². The molecule has 1 aliphatic heterocycles. The van der Waals surface area contributed by atoms with Gasteiger partial charge in [-0.15, -0.1) is 0 Å². The molecule has 1 unspecified atom stereocenters. The smallest absolute Gasteiger partial charge is 0.246 e. The van der Waals surface area contributed by atoms with Crippen molar-refractivity contribution in [3.63, 3.8) is 0 Å². The number of amides is 1. The highest BCUT2D eigenvalue weighted by molar-refractivity contribution is 6.03. The maximum absolute atomic E-state index is 11.8. The fourth-order valence-electron chi connectivity index (χ4n) is 2.43. The molecule has 1 heterocycles. The summed E-state index contributed by atoms with van der Waals surface area (Å²) in [7, 11) is 3.42. The molecule has 0 radical (unpaired) electrons. The molecule has 3 N–H and O–H groups in total. The van der Waals surface area contributed by atoms with Crippen molar-refractivity contribution >= 4 is 17.3 Å². The van der Waals surface area contributed by atoms with E-state index < -0.39 is 0 Å². The van der Waals surface area contributed by atoms with E-state index in [0.717, 1.165) is 16.9 Å². The molecule has 0 fully saturated rings. The number of ether oxygens (including phenoxy) is 1. The second-order valence-corrected chi connectivity index (χ2v) is 4.69. The molecule has 0 saturated carbocycles. The van der Waals surface area contributed by atoms with Gasteiger partial charge in [-0.1, -0.05) is 6.07 Å². The molecule has 1 aromatic rings. The lowest BCUT2D eigenvalue weighted by Gasteiger charge is -2.24. The average Bonchev–Trinajstić information content (AvgIpc) is 2.77. The third-order valence-electron chi connectivity index (χ3n) is 3.46. The van der Waals surface area contributed by atoms with E-state index >= 15 is 0 Å². The first-order valence-electron chi connectivity index (χ1n) is 6.68. The van der Waals surface area contributed by atoms with E-state index in [0.29, 0.717) is 19.7 Å². The van der Waals surface area contributed by atoms with Crippen molar-refractivity contribution < 1.29 is 14.6 Å². The Morgan fingerprint density at radius 3 is 2.90 bits per heavy atom. The quantitative estimate of drug-likeness (QED) is 0.671. The van der Waals surface area contributed by atoms with E-state index in [-0.39, 0.29) is 18.6 Å². The number of aliphatic hydroxyl groups excluding tert-OH is 1. The first-order valence-corrected chi connectivity index (χ1v) is 6.68. The number of carbonyl (C=O) groups excluding carboxylic acids is 1. The number of likely N-dealkylation sites (N-methyl/N-ethyl adjacent to an activating group) is 1. The van der Waals surface area contributed by atoms with Crippen LogP contribution in [0.15, 0.2) is 18.2 Å². The number of anilines is 2. The van der Waals surface area contributed by atoms with E-state index in [1.165, 1.54) is 0 Å². The predicted molar refractivity (Wildman–Crippen MR) is 78.0 cm³/mol. The molecule has 0 aliphatic carbocycles. The minimum Gasteiger partial charge on any atom is -0.395 e. The van der Waals surface area contributed by atoms with Crippen molar-refractivity contribution in [3.05, 3.63) is 23.8 Å². The minimum atomic E-state index is -0.288. The molecule has 110 valence electrons. The molecule has 1 aromatic carbocycles. The molecule has 0 bridgehead atoms. The third kappa shape index (κ3) is 2.92. The van der Waals surface area contributed by atoms with Crippen molar-refractivity contribution in [3.8, 4) is 0 Å². The molecule has 1 atom stereocenters. The SMILES string of the molecule is CNC1C(=O)Nc2cc(N(CCO)CCOC)ccc21. The molecule has 0 aromatic heterocycles. The lowest BCUT2D eigenvalue weighted by atomic mass is 10.1. The van der Waals surface area contributed by atoms with Crippen LogP contribution in [-0.4, -0.2) is 51.5 Å². The van der Waals surface area contributed by atoms with Crippen LogP contribution in [0.25, 0.3) is 0 Å². The zero-order valence-electron chi connectivity index (χ0n) is 11.8. The van der Waals surface area contributed by atoms with Crippen LogP contribution in [-0.2, 0) is 9.53 Å². The lowest BCUT2D eigenvalue weighted by molar-refractivity contribution is -0.117. The second-order valence-electron chi connectivity index (χ2n) is 4.69. The summed E-state index contributed by atoms with van der Waals surface area (Å²) in [5.74, 6) is -0.0368. The average molecular weight is 279 g/mol. The number of rotatable bonds is 7. The third-order valence-corrected chi connectivity index (χ3v) is 3.46. The molecule has 0 spiro atoms. The number of hydrogen-bond donors (Lipinski definition) is 3. The van der Waals surface area contributed by atoms with Gasteiger partial charge in [0.15, 0.2) is 0 Å². The van der Waals surface area contributed by atoms with E-state index in [1.807, 2.05) is 23.1 Å². The van der Waals surface area contributed by atoms with Gasteiger partial charge in [-0.3, -0.25) is 4.79 Å². The highest BCUT2D eigenvalue weighted by atomic mass is 16.5. The van der Waals surface area contributed by atoms with Gasteiger partial charge in [0.2, 0.25) is 5.91 Å². The summed E-state index contributed by atoms with van der Waals surface area (Å²) in [6.07, 6.45) is 0. The van der Waals surface area contributed by atoms with Crippen LogP contribution in [0.3, 0.4) is 0 Å². The molecule has 1 amide bonds. The van der Waals surface area contributed by atoms with Crippen LogP contribution in [0.2, 0.25) is 0 Å². The molecule has 2 rings (SSSR count). The summed E-state index contributed by atoms with van der Waals surface area (Å²) in [4.78, 5) is 13.8. The Kier molecular flexibility index (Phi) is 4.94. The lowest BCUT2D eigenvalue weighted by Crippen LogP contribution is -2.30. The summed E-state index contributed by atoms with van der Waals surface area (Å²) >= 11 is 0. The topological polar surface area (TPSA) is 73.8 Å². The van der Waals surface area contributed by atoms with Crippen LogP contribution in [0, 0.1) is 0 Å². The molecular formula is C14H21N3O3. The van der Waals surface area contributed by atoms with Gasteiger partial charge in [-0.2, -0.15) is 0 Å². The van der Waals surface area contributed by atoms with Crippen molar-refractivity contribution in [2.45, 2.75) is 6.04 Å². The monoisotopic (exact) mass is 279 g/mol. The van der Waals surface area contributed by atoms with Gasteiger partial charge in [0.1, 0.15) is 6.04 Å². The van der Waals surface area contributed by atoms with Crippen molar-refractivity contribution in [1.29, 1.82) is 0 Å². The summed E-state index contributed by atoms with van der Waals surface area (Å²) in [6.45, 7) is 1.89. The van der Waals surface area contributed by atoms with Gasteiger partial charge >= 0.3 is 0 Å². The van der Waals surface area contributed by atoms with E-state index in [1.54, 1.807) is 14.2 Å². The molecule has 20 heavy (non-hydrogen) atoms. The van der Waals surface area contributed by atoms with E-state index in [2.05, 4.69) is 10.6 Å². The maximum atomic E-state index is 11.8. The van der Waals surface area contributed by atoms with Crippen LogP contribution in [0.1, 0.15) is 11.6 Å². The number of aliphatic hydroxyl groups is 1. The van der Waals surface area contributed by atoms with Gasteiger partial charge in [0, 0.05) is 37.1 Å². The number of carbonyl (C=O) groups is 1. The highest BCUT2D eigenvalue weighted by Crippen LogP contribution is 2.33. The number of methoxy groups -OCH3 is 1. The Labute approximate surface area is 118 Å². The first kappa shape index (κ1) is 14.8. The normalized spacial score (nSPS) is 16.9. The van der Waals surface area contributed by atoms with Crippen molar-refractivity contribution in [2.75, 3.05) is 50.7 Å². The Morgan fingerprint density at radius 2 is 2.25 bits per heavy atom. The van der Waals surface area contributed by atoms with Crippen molar-refractivity contribution in [2.24, 2.45) is 0 Å². The van der Waals surface area contributed by atoms with Gasteiger partial charge < -0.3 is 25.4 Å². The van der Waals surface area contributed by atoms with E-state index in [4.69, 9.17) is 9.84 Å². The molecule has 1 aliphatic rings. The Balaban J connectivity index is 2.22. The summed E-state index contributed by atoms with van der Waals surface area (Å²) in [5, 5.41) is 15.0. The van der Waals surface area contributed by atoms with E-state index in [9.17, 15) is 4.79 Å². The van der Waals surface area contributed by atoms with Crippen LogP contribution >= 0.6 is 0 Å². The fraction of sp³-hybridized carbons (Fsp3) is 0.500. The fourth-order valence-corrected chi connectivity index (χ4v) is 2.43. The highest BCUT2D eigenvalue weighted by Gasteiger charge is 2.29. The first-order chi connectivity index (χ1) is 9.71. The van der Waals surface area contributed by atoms with Gasteiger partial charge in [-0.05, 0) is 19.2 Å². The molecule has 0 saturated heterocycles. The molecular weight excluding hydrogens is 258 g/mol. The molecule has 6 heteroatoms. The Morgan fingerprint density at radius 1 is 1.45 bits per heavy atom. The van der Waals surface area contributed by atoms with Crippen LogP contribution in [0.4, 0.5) is 11.4 Å². The standard InChI is InChI=1S/C14H21N3O3/c1-15-13-11-4-3-10(9-12(11)16-14(13)19)17(5-7-18)6-8-20-2/h3-4,9,13,15,18H,5-8H2,1-2H3,(H,16,19). The zero-order chi connectivity index (χ0) is 14.5. The summed E-state index contributed by atoms with van der Waals surface area (Å²) in [5.41, 5.74) is 2.75. The number of nitrogens with one attached hydrogen (secondary N) is 2. The Bertz CT molecular complexity index is 479. The second kappa shape index (κ2) is 6.69. The van der Waals surface area contributed by atoms with Gasteiger partial charge in [0.25, 0.3) is 0 Å². The van der Waals surface area contributed by atoms with Crippen LogP contribution < -0.4 is 15.5 Å². The van der Waals surface area contributed by atoms with Crippen molar-refractivity contribution in [1.82, 2.24) is 5.32 Å². The van der Waals surface area contributed by atoms with Gasteiger partial charge in [0.05, 0.1) is 13.2 Å². The number of nitrogens with zero attached hydrogens (tertiary/aromatic N) is 1. The number of benzene rings is 1. The largest absolute Gasteiger partial charge is 0.395 e. The maximum Gasteiger partial charge on any atom is 0.246 e. The number of hydrogen-bond acceptors (Lipinski definition) is 5. The molecule has 6 nitrogen and oxygen atoms in total.